The lowest BCUT2D eigenvalue weighted by molar-refractivity contribution is -0.125. The van der Waals surface area contributed by atoms with Crippen molar-refractivity contribution in [2.45, 2.75) is 44.6 Å². The maximum Gasteiger partial charge on any atom is 0.336 e. The third kappa shape index (κ3) is 3.76. The summed E-state index contributed by atoms with van der Waals surface area (Å²) in [6, 6.07) is 8.14. The number of carbonyl (C=O) groups is 1. The Bertz CT molecular complexity index is 1050. The van der Waals surface area contributed by atoms with Crippen LogP contribution < -0.4 is 15.7 Å². The minimum Gasteiger partial charge on any atom is -0.484 e. The highest BCUT2D eigenvalue weighted by atomic mass is 16.5. The highest BCUT2D eigenvalue weighted by Crippen LogP contribution is 2.35. The average Bonchev–Trinajstić information content (AvgIpc) is 3.14. The highest BCUT2D eigenvalue weighted by Gasteiger charge is 2.39. The molecule has 146 valence electrons. The zero-order chi connectivity index (χ0) is 19.6. The second-order valence-corrected chi connectivity index (χ2v) is 7.07. The number of aryl methyl sites for hydroxylation is 1. The molecule has 0 bridgehead atoms. The Hall–Kier alpha value is -3.16. The maximum absolute atomic E-state index is 12.6. The average molecular weight is 383 g/mol. The SMILES string of the molecule is Cc1nc(C2(NC(=O)COc3ccc4ccc(=O)oc4c3)CCCCC2)no1. The number of carbonyl (C=O) groups excluding carboxylic acids is 1. The first kappa shape index (κ1) is 18.2. The van der Waals surface area contributed by atoms with Gasteiger partial charge in [0.15, 0.2) is 12.4 Å². The fourth-order valence-corrected chi connectivity index (χ4v) is 3.64. The van der Waals surface area contributed by atoms with E-state index >= 15 is 0 Å². The lowest BCUT2D eigenvalue weighted by Crippen LogP contribution is -2.49. The van der Waals surface area contributed by atoms with Gasteiger partial charge in [-0.15, -0.1) is 0 Å². The van der Waals surface area contributed by atoms with Gasteiger partial charge in [-0.1, -0.05) is 24.4 Å². The second kappa shape index (κ2) is 7.46. The number of fused-ring (bicyclic) bond motifs is 1. The molecular weight excluding hydrogens is 362 g/mol. The molecule has 0 spiro atoms. The number of rotatable bonds is 5. The zero-order valence-electron chi connectivity index (χ0n) is 15.6. The van der Waals surface area contributed by atoms with Gasteiger partial charge in [-0.05, 0) is 31.0 Å². The van der Waals surface area contributed by atoms with Crippen LogP contribution in [0, 0.1) is 6.92 Å². The van der Waals surface area contributed by atoms with E-state index in [-0.39, 0.29) is 12.5 Å². The van der Waals surface area contributed by atoms with Crippen LogP contribution in [-0.2, 0) is 10.3 Å². The number of nitrogens with one attached hydrogen (secondary N) is 1. The van der Waals surface area contributed by atoms with Gasteiger partial charge in [0.2, 0.25) is 5.89 Å². The summed E-state index contributed by atoms with van der Waals surface area (Å²) in [6.07, 6.45) is 4.61. The number of hydrogen-bond acceptors (Lipinski definition) is 7. The molecule has 1 fully saturated rings. The summed E-state index contributed by atoms with van der Waals surface area (Å²) < 4.78 is 15.9. The molecule has 1 saturated carbocycles. The molecule has 1 amide bonds. The zero-order valence-corrected chi connectivity index (χ0v) is 15.6. The fourth-order valence-electron chi connectivity index (χ4n) is 3.64. The van der Waals surface area contributed by atoms with Crippen LogP contribution >= 0.6 is 0 Å². The van der Waals surface area contributed by atoms with Crippen LogP contribution in [0.15, 0.2) is 44.1 Å². The summed E-state index contributed by atoms with van der Waals surface area (Å²) in [5, 5.41) is 7.88. The number of amides is 1. The molecule has 1 aliphatic rings. The van der Waals surface area contributed by atoms with Crippen molar-refractivity contribution in [2.75, 3.05) is 6.61 Å². The van der Waals surface area contributed by atoms with Gasteiger partial charge in [0.1, 0.15) is 16.9 Å². The number of aromatic nitrogens is 2. The Morgan fingerprint density at radius 1 is 1.21 bits per heavy atom. The molecule has 1 aliphatic carbocycles. The molecule has 2 aromatic heterocycles. The first-order chi connectivity index (χ1) is 13.5. The molecule has 4 rings (SSSR count). The van der Waals surface area contributed by atoms with Crippen LogP contribution in [-0.4, -0.2) is 22.7 Å². The minimum absolute atomic E-state index is 0.166. The van der Waals surface area contributed by atoms with Crippen LogP contribution in [0.4, 0.5) is 0 Å². The predicted molar refractivity (Wildman–Crippen MR) is 99.9 cm³/mol. The standard InChI is InChI=1S/C20H21N3O5/c1-13-21-19(23-28-13)20(9-3-2-4-10-20)22-17(24)12-26-15-7-5-14-6-8-18(25)27-16(14)11-15/h5-8,11H,2-4,9-10,12H2,1H3,(H,22,24). The normalized spacial score (nSPS) is 16.0. The van der Waals surface area contributed by atoms with Crippen LogP contribution in [0.25, 0.3) is 11.0 Å². The maximum atomic E-state index is 12.6. The van der Waals surface area contributed by atoms with Crippen molar-refractivity contribution in [1.29, 1.82) is 0 Å². The van der Waals surface area contributed by atoms with E-state index in [1.807, 2.05) is 0 Å². The second-order valence-electron chi connectivity index (χ2n) is 7.07. The molecule has 2 heterocycles. The van der Waals surface area contributed by atoms with Gasteiger partial charge in [-0.25, -0.2) is 4.79 Å². The Balaban J connectivity index is 1.46. The lowest BCUT2D eigenvalue weighted by Gasteiger charge is -2.35. The van der Waals surface area contributed by atoms with E-state index in [1.165, 1.54) is 6.07 Å². The van der Waals surface area contributed by atoms with Crippen molar-refractivity contribution in [2.24, 2.45) is 0 Å². The smallest absolute Gasteiger partial charge is 0.336 e. The molecular formula is C20H21N3O5. The highest BCUT2D eigenvalue weighted by molar-refractivity contribution is 5.80. The number of ether oxygens (including phenoxy) is 1. The minimum atomic E-state index is -0.618. The van der Waals surface area contributed by atoms with E-state index < -0.39 is 11.2 Å². The summed E-state index contributed by atoms with van der Waals surface area (Å²) in [5.74, 6) is 1.18. The molecule has 0 saturated heterocycles. The summed E-state index contributed by atoms with van der Waals surface area (Å²) >= 11 is 0. The summed E-state index contributed by atoms with van der Waals surface area (Å²) in [6.45, 7) is 1.57. The first-order valence-corrected chi connectivity index (χ1v) is 9.33. The number of nitrogens with zero attached hydrogens (tertiary/aromatic N) is 2. The quantitative estimate of drug-likeness (QED) is 0.675. The molecule has 0 aliphatic heterocycles. The molecule has 0 unspecified atom stereocenters. The molecule has 8 nitrogen and oxygen atoms in total. The van der Waals surface area contributed by atoms with E-state index in [0.29, 0.717) is 23.0 Å². The van der Waals surface area contributed by atoms with Gasteiger partial charge in [0, 0.05) is 24.4 Å². The van der Waals surface area contributed by atoms with Gasteiger partial charge >= 0.3 is 5.63 Å². The van der Waals surface area contributed by atoms with Gasteiger partial charge in [0.25, 0.3) is 5.91 Å². The van der Waals surface area contributed by atoms with Crippen molar-refractivity contribution in [3.05, 3.63) is 52.5 Å². The van der Waals surface area contributed by atoms with Crippen molar-refractivity contribution in [3.63, 3.8) is 0 Å². The van der Waals surface area contributed by atoms with Gasteiger partial charge in [-0.2, -0.15) is 4.98 Å². The number of benzene rings is 1. The molecule has 3 aromatic rings. The van der Waals surface area contributed by atoms with Crippen molar-refractivity contribution in [1.82, 2.24) is 15.5 Å². The van der Waals surface area contributed by atoms with Crippen molar-refractivity contribution >= 4 is 16.9 Å². The van der Waals surface area contributed by atoms with E-state index in [9.17, 15) is 9.59 Å². The van der Waals surface area contributed by atoms with Crippen molar-refractivity contribution < 1.29 is 18.5 Å². The predicted octanol–water partition coefficient (Wildman–Crippen LogP) is 2.84. The summed E-state index contributed by atoms with van der Waals surface area (Å²) in [4.78, 5) is 28.3. The van der Waals surface area contributed by atoms with Crippen molar-refractivity contribution in [3.8, 4) is 5.75 Å². The first-order valence-electron chi connectivity index (χ1n) is 9.33. The largest absolute Gasteiger partial charge is 0.484 e. The topological polar surface area (TPSA) is 107 Å². The summed E-state index contributed by atoms with van der Waals surface area (Å²) in [5.41, 5.74) is -0.638. The van der Waals surface area contributed by atoms with Crippen LogP contribution in [0.3, 0.4) is 0 Å². The fraction of sp³-hybridized carbons (Fsp3) is 0.400. The lowest BCUT2D eigenvalue weighted by atomic mass is 9.81. The molecule has 1 N–H and O–H groups in total. The van der Waals surface area contributed by atoms with Crippen LogP contribution in [0.1, 0.15) is 43.8 Å². The third-order valence-corrected chi connectivity index (χ3v) is 5.01. The van der Waals surface area contributed by atoms with Crippen LogP contribution in [0.2, 0.25) is 0 Å². The van der Waals surface area contributed by atoms with E-state index in [2.05, 4.69) is 15.5 Å². The van der Waals surface area contributed by atoms with Gasteiger partial charge < -0.3 is 19.0 Å². The van der Waals surface area contributed by atoms with Crippen LogP contribution in [0.5, 0.6) is 5.75 Å². The third-order valence-electron chi connectivity index (χ3n) is 5.01. The van der Waals surface area contributed by atoms with E-state index in [1.54, 1.807) is 31.2 Å². The Morgan fingerprint density at radius 2 is 2.00 bits per heavy atom. The number of hydrogen-bond donors (Lipinski definition) is 1. The summed E-state index contributed by atoms with van der Waals surface area (Å²) in [7, 11) is 0. The molecule has 0 radical (unpaired) electrons. The van der Waals surface area contributed by atoms with E-state index in [0.717, 1.165) is 37.5 Å². The molecule has 8 heteroatoms. The van der Waals surface area contributed by atoms with Gasteiger partial charge in [0.05, 0.1) is 0 Å². The molecule has 0 atom stereocenters. The van der Waals surface area contributed by atoms with Gasteiger partial charge in [-0.3, -0.25) is 4.79 Å². The Kier molecular flexibility index (Phi) is 4.85. The van der Waals surface area contributed by atoms with E-state index in [4.69, 9.17) is 13.7 Å². The Morgan fingerprint density at radius 3 is 2.75 bits per heavy atom. The monoisotopic (exact) mass is 383 g/mol. The molecule has 1 aromatic carbocycles. The molecule has 28 heavy (non-hydrogen) atoms. The Labute approximate surface area is 160 Å².